The predicted molar refractivity (Wildman–Crippen MR) is 70.4 cm³/mol. The molecule has 2 aliphatic rings. The molecular formula is C14H19N3O. The van der Waals surface area contributed by atoms with Crippen molar-refractivity contribution in [2.45, 2.75) is 38.6 Å². The van der Waals surface area contributed by atoms with Crippen molar-refractivity contribution >= 4 is 11.7 Å². The lowest BCUT2D eigenvalue weighted by Crippen LogP contribution is -2.60. The molecule has 1 saturated carbocycles. The van der Waals surface area contributed by atoms with Gasteiger partial charge in [0.15, 0.2) is 0 Å². The second-order valence-electron chi connectivity index (χ2n) is 5.45. The molecule has 0 unspecified atom stereocenters. The summed E-state index contributed by atoms with van der Waals surface area (Å²) in [6, 6.07) is 2.46. The summed E-state index contributed by atoms with van der Waals surface area (Å²) in [6.07, 6.45) is 8.54. The fraction of sp³-hybridized carbons (Fsp3) is 0.571. The molecule has 96 valence electrons. The second-order valence-corrected chi connectivity index (χ2v) is 5.45. The lowest BCUT2D eigenvalue weighted by Gasteiger charge is -2.50. The monoisotopic (exact) mass is 245 g/mol. The van der Waals surface area contributed by atoms with Crippen LogP contribution in [0.5, 0.6) is 0 Å². The Bertz CT molecular complexity index is 460. The van der Waals surface area contributed by atoms with E-state index in [1.54, 1.807) is 12.4 Å². The quantitative estimate of drug-likeness (QED) is 0.827. The number of fused-ring (bicyclic) bond motifs is 1. The highest BCUT2D eigenvalue weighted by molar-refractivity contribution is 5.90. The van der Waals surface area contributed by atoms with E-state index < -0.39 is 0 Å². The van der Waals surface area contributed by atoms with E-state index in [4.69, 9.17) is 0 Å². The molecule has 2 fully saturated rings. The fourth-order valence-electron chi connectivity index (χ4n) is 3.11. The molecule has 2 amide bonds. The largest absolute Gasteiger partial charge is 0.322 e. The van der Waals surface area contributed by atoms with Gasteiger partial charge in [-0.3, -0.25) is 4.98 Å². The zero-order valence-electron chi connectivity index (χ0n) is 10.7. The van der Waals surface area contributed by atoms with Gasteiger partial charge in [0.25, 0.3) is 0 Å². The molecule has 0 spiro atoms. The maximum atomic E-state index is 12.1. The first-order valence-corrected chi connectivity index (χ1v) is 6.73. The normalized spacial score (nSPS) is 26.2. The number of hydrogen-bond acceptors (Lipinski definition) is 2. The van der Waals surface area contributed by atoms with Crippen LogP contribution in [0.2, 0.25) is 0 Å². The topological polar surface area (TPSA) is 45.2 Å². The Labute approximate surface area is 107 Å². The van der Waals surface area contributed by atoms with Gasteiger partial charge in [0.1, 0.15) is 0 Å². The van der Waals surface area contributed by atoms with Crippen molar-refractivity contribution in [1.82, 2.24) is 9.88 Å². The zero-order chi connectivity index (χ0) is 12.5. The highest BCUT2D eigenvalue weighted by Gasteiger charge is 2.42. The molecule has 2 heterocycles. The summed E-state index contributed by atoms with van der Waals surface area (Å²) in [4.78, 5) is 18.2. The molecule has 2 atom stereocenters. The van der Waals surface area contributed by atoms with Gasteiger partial charge in [0.05, 0.1) is 11.9 Å². The lowest BCUT2D eigenvalue weighted by molar-refractivity contribution is 0.0256. The summed E-state index contributed by atoms with van der Waals surface area (Å²) < 4.78 is 0. The Morgan fingerprint density at radius 3 is 3.00 bits per heavy atom. The van der Waals surface area contributed by atoms with Crippen molar-refractivity contribution in [2.75, 3.05) is 11.9 Å². The number of urea groups is 1. The number of hydrogen-bond donors (Lipinski definition) is 1. The molecule has 4 nitrogen and oxygen atoms in total. The standard InChI is InChI=1S/C14H19N3O/c1-10-6-12(8-15-7-10)16-14(18)17-9-11-4-2-3-5-13(11)17/h6-8,11,13H,2-5,9H2,1H3,(H,16,18)/t11-,13-/m0/s1. The first-order chi connectivity index (χ1) is 8.74. The van der Waals surface area contributed by atoms with Gasteiger partial charge in [-0.2, -0.15) is 0 Å². The van der Waals surface area contributed by atoms with Crippen molar-refractivity contribution in [3.05, 3.63) is 24.0 Å². The number of aromatic nitrogens is 1. The van der Waals surface area contributed by atoms with E-state index in [-0.39, 0.29) is 6.03 Å². The molecule has 1 saturated heterocycles. The minimum Gasteiger partial charge on any atom is -0.321 e. The minimum absolute atomic E-state index is 0.0329. The number of pyridine rings is 1. The molecule has 0 radical (unpaired) electrons. The van der Waals surface area contributed by atoms with E-state index in [0.29, 0.717) is 6.04 Å². The Morgan fingerprint density at radius 2 is 2.22 bits per heavy atom. The van der Waals surface area contributed by atoms with Crippen LogP contribution in [-0.2, 0) is 0 Å². The molecule has 1 aromatic rings. The summed E-state index contributed by atoms with van der Waals surface area (Å²) in [5.41, 5.74) is 1.85. The Hall–Kier alpha value is -1.58. The average molecular weight is 245 g/mol. The number of nitrogens with zero attached hydrogens (tertiary/aromatic N) is 2. The zero-order valence-corrected chi connectivity index (χ0v) is 10.7. The van der Waals surface area contributed by atoms with Crippen LogP contribution < -0.4 is 5.32 Å². The summed E-state index contributed by atoms with van der Waals surface area (Å²) in [6.45, 7) is 2.90. The molecule has 1 N–H and O–H groups in total. The molecule has 1 aromatic heterocycles. The summed E-state index contributed by atoms with van der Waals surface area (Å²) in [5, 5.41) is 2.94. The van der Waals surface area contributed by atoms with Gasteiger partial charge in [-0.15, -0.1) is 0 Å². The number of amides is 2. The van der Waals surface area contributed by atoms with Gasteiger partial charge >= 0.3 is 6.03 Å². The molecule has 0 bridgehead atoms. The Morgan fingerprint density at radius 1 is 1.39 bits per heavy atom. The maximum Gasteiger partial charge on any atom is 0.322 e. The number of carbonyl (C=O) groups excluding carboxylic acids is 1. The Kier molecular flexibility index (Phi) is 2.94. The molecule has 3 rings (SSSR count). The highest BCUT2D eigenvalue weighted by Crippen LogP contribution is 2.37. The number of rotatable bonds is 1. The molecule has 4 heteroatoms. The van der Waals surface area contributed by atoms with Crippen LogP contribution in [0.1, 0.15) is 31.2 Å². The third-order valence-electron chi connectivity index (χ3n) is 4.09. The van der Waals surface area contributed by atoms with Crippen LogP contribution >= 0.6 is 0 Å². The maximum absolute atomic E-state index is 12.1. The van der Waals surface area contributed by atoms with Crippen LogP contribution in [0, 0.1) is 12.8 Å². The molecule has 1 aliphatic carbocycles. The molecule has 18 heavy (non-hydrogen) atoms. The fourth-order valence-corrected chi connectivity index (χ4v) is 3.11. The highest BCUT2D eigenvalue weighted by atomic mass is 16.2. The number of carbonyl (C=O) groups is 1. The van der Waals surface area contributed by atoms with Crippen molar-refractivity contribution in [2.24, 2.45) is 5.92 Å². The van der Waals surface area contributed by atoms with Gasteiger partial charge in [-0.25, -0.2) is 4.79 Å². The summed E-state index contributed by atoms with van der Waals surface area (Å²) in [5.74, 6) is 0.750. The third-order valence-corrected chi connectivity index (χ3v) is 4.09. The minimum atomic E-state index is 0.0329. The average Bonchev–Trinajstić information content (AvgIpc) is 2.30. The number of nitrogens with one attached hydrogen (secondary N) is 1. The predicted octanol–water partition coefficient (Wildman–Crippen LogP) is 2.80. The van der Waals surface area contributed by atoms with Gasteiger partial charge in [-0.05, 0) is 37.3 Å². The summed E-state index contributed by atoms with van der Waals surface area (Å²) >= 11 is 0. The first-order valence-electron chi connectivity index (χ1n) is 6.73. The van der Waals surface area contributed by atoms with Crippen molar-refractivity contribution < 1.29 is 4.79 Å². The SMILES string of the molecule is Cc1cncc(NC(=O)N2C[C@@H]3CCCC[C@@H]32)c1. The van der Waals surface area contributed by atoms with Crippen molar-refractivity contribution in [1.29, 1.82) is 0 Å². The smallest absolute Gasteiger partial charge is 0.321 e. The van der Waals surface area contributed by atoms with Crippen LogP contribution in [-0.4, -0.2) is 28.5 Å². The van der Waals surface area contributed by atoms with Crippen molar-refractivity contribution in [3.63, 3.8) is 0 Å². The molecule has 0 aromatic carbocycles. The van der Waals surface area contributed by atoms with Gasteiger partial charge in [0, 0.05) is 18.8 Å². The van der Waals surface area contributed by atoms with Crippen molar-refractivity contribution in [3.8, 4) is 0 Å². The van der Waals surface area contributed by atoms with Crippen LogP contribution in [0.25, 0.3) is 0 Å². The molecule has 1 aliphatic heterocycles. The van der Waals surface area contributed by atoms with Crippen LogP contribution in [0.4, 0.5) is 10.5 Å². The van der Waals surface area contributed by atoms with E-state index in [1.165, 1.54) is 25.7 Å². The number of aryl methyl sites for hydroxylation is 1. The lowest BCUT2D eigenvalue weighted by atomic mass is 9.77. The molecular weight excluding hydrogens is 226 g/mol. The van der Waals surface area contributed by atoms with E-state index >= 15 is 0 Å². The van der Waals surface area contributed by atoms with E-state index in [2.05, 4.69) is 10.3 Å². The van der Waals surface area contributed by atoms with Gasteiger partial charge < -0.3 is 10.2 Å². The van der Waals surface area contributed by atoms with E-state index in [9.17, 15) is 4.79 Å². The third kappa shape index (κ3) is 2.07. The number of likely N-dealkylation sites (tertiary alicyclic amines) is 1. The first kappa shape index (κ1) is 11.5. The number of anilines is 1. The van der Waals surface area contributed by atoms with Crippen LogP contribution in [0.3, 0.4) is 0 Å². The second kappa shape index (κ2) is 4.59. The summed E-state index contributed by atoms with van der Waals surface area (Å²) in [7, 11) is 0. The Balaban J connectivity index is 1.62. The van der Waals surface area contributed by atoms with E-state index in [1.807, 2.05) is 17.9 Å². The van der Waals surface area contributed by atoms with Gasteiger partial charge in [0.2, 0.25) is 0 Å². The van der Waals surface area contributed by atoms with Crippen LogP contribution in [0.15, 0.2) is 18.5 Å². The van der Waals surface area contributed by atoms with Gasteiger partial charge in [-0.1, -0.05) is 12.8 Å². The van der Waals surface area contributed by atoms with E-state index in [0.717, 1.165) is 23.7 Å².